The highest BCUT2D eigenvalue weighted by atomic mass is 16.6. The SMILES string of the molecule is CCCCCCCC(=O)OCCOCCOCCOCCOCCOCCOCCOCCOCCOCCOCCOc1ccc(NC(C)=O)cc1. The molecule has 0 heterocycles. The molecule has 0 bridgehead atoms. The molecule has 0 aromatic heterocycles. The lowest BCUT2D eigenvalue weighted by molar-refractivity contribution is -0.145. The van der Waals surface area contributed by atoms with Crippen LogP contribution in [0.15, 0.2) is 24.3 Å². The highest BCUT2D eigenvalue weighted by Gasteiger charge is 2.03. The van der Waals surface area contributed by atoms with Gasteiger partial charge in [0.15, 0.2) is 0 Å². The van der Waals surface area contributed by atoms with Crippen molar-refractivity contribution in [1.82, 2.24) is 0 Å². The quantitative estimate of drug-likeness (QED) is 0.0752. The molecule has 0 saturated heterocycles. The van der Waals surface area contributed by atoms with Crippen LogP contribution >= 0.6 is 0 Å². The highest BCUT2D eigenvalue weighted by Crippen LogP contribution is 2.15. The summed E-state index contributed by atoms with van der Waals surface area (Å²) in [6.45, 7) is 13.9. The molecule has 15 heteroatoms. The number of ether oxygens (including phenoxy) is 12. The van der Waals surface area contributed by atoms with Crippen LogP contribution in [0.2, 0.25) is 0 Å². The van der Waals surface area contributed by atoms with Gasteiger partial charge in [-0.2, -0.15) is 0 Å². The van der Waals surface area contributed by atoms with Crippen LogP contribution in [0.25, 0.3) is 0 Å². The van der Waals surface area contributed by atoms with Crippen molar-refractivity contribution in [1.29, 1.82) is 0 Å². The number of carbonyl (C=O) groups excluding carboxylic acids is 2. The Bertz CT molecular complexity index is 940. The van der Waals surface area contributed by atoms with Crippen LogP contribution in [0.4, 0.5) is 5.69 Å². The van der Waals surface area contributed by atoms with E-state index in [0.717, 1.165) is 18.5 Å². The number of rotatable bonds is 41. The van der Waals surface area contributed by atoms with E-state index < -0.39 is 0 Å². The number of nitrogens with one attached hydrogen (secondary N) is 1. The normalized spacial score (nSPS) is 11.2. The summed E-state index contributed by atoms with van der Waals surface area (Å²) in [6.07, 6.45) is 6.05. The van der Waals surface area contributed by atoms with E-state index in [4.69, 9.17) is 56.8 Å². The molecule has 0 atom stereocenters. The summed E-state index contributed by atoms with van der Waals surface area (Å²) in [4.78, 5) is 22.7. The maximum Gasteiger partial charge on any atom is 0.305 e. The van der Waals surface area contributed by atoms with Gasteiger partial charge in [0.2, 0.25) is 5.91 Å². The molecule has 1 amide bonds. The summed E-state index contributed by atoms with van der Waals surface area (Å²) in [5.74, 6) is 0.452. The molecule has 0 radical (unpaired) electrons. The Hall–Kier alpha value is -2.44. The van der Waals surface area contributed by atoms with Crippen molar-refractivity contribution in [3.8, 4) is 5.75 Å². The largest absolute Gasteiger partial charge is 0.491 e. The van der Waals surface area contributed by atoms with Gasteiger partial charge in [-0.3, -0.25) is 9.59 Å². The summed E-state index contributed by atoms with van der Waals surface area (Å²) in [6, 6.07) is 7.17. The molecule has 0 saturated carbocycles. The number of hydrogen-bond donors (Lipinski definition) is 1. The molecule has 1 aromatic carbocycles. The third-order valence-electron chi connectivity index (χ3n) is 6.99. The van der Waals surface area contributed by atoms with E-state index in [9.17, 15) is 9.59 Å². The van der Waals surface area contributed by atoms with Gasteiger partial charge in [0.25, 0.3) is 0 Å². The molecule has 53 heavy (non-hydrogen) atoms. The van der Waals surface area contributed by atoms with Crippen LogP contribution in [-0.2, 0) is 61.7 Å². The van der Waals surface area contributed by atoms with E-state index in [1.807, 2.05) is 0 Å². The van der Waals surface area contributed by atoms with Gasteiger partial charge in [0, 0.05) is 19.0 Å². The van der Waals surface area contributed by atoms with E-state index in [2.05, 4.69) is 12.2 Å². The van der Waals surface area contributed by atoms with E-state index in [1.54, 1.807) is 24.3 Å². The van der Waals surface area contributed by atoms with Crippen molar-refractivity contribution >= 4 is 17.6 Å². The molecule has 0 unspecified atom stereocenters. The first kappa shape index (κ1) is 48.6. The molecule has 0 aliphatic carbocycles. The van der Waals surface area contributed by atoms with Crippen LogP contribution in [-0.4, -0.2) is 157 Å². The third-order valence-corrected chi connectivity index (χ3v) is 6.99. The summed E-state index contributed by atoms with van der Waals surface area (Å²) in [5.41, 5.74) is 0.729. The number of carbonyl (C=O) groups is 2. The fraction of sp³-hybridized carbons (Fsp3) is 0.789. The smallest absolute Gasteiger partial charge is 0.305 e. The van der Waals surface area contributed by atoms with Gasteiger partial charge in [-0.05, 0) is 30.7 Å². The number of amides is 1. The Balaban J connectivity index is 1.66. The van der Waals surface area contributed by atoms with Gasteiger partial charge in [-0.25, -0.2) is 0 Å². The minimum absolute atomic E-state index is 0.110. The fourth-order valence-corrected chi connectivity index (χ4v) is 4.30. The fourth-order valence-electron chi connectivity index (χ4n) is 4.30. The number of unbranched alkanes of at least 4 members (excludes halogenated alkanes) is 4. The highest BCUT2D eigenvalue weighted by molar-refractivity contribution is 5.88. The van der Waals surface area contributed by atoms with Gasteiger partial charge in [-0.15, -0.1) is 0 Å². The lowest BCUT2D eigenvalue weighted by Crippen LogP contribution is -2.15. The Kier molecular flexibility index (Phi) is 36.0. The molecule has 0 spiro atoms. The number of benzene rings is 1. The second-order valence-corrected chi connectivity index (χ2v) is 11.6. The molecular formula is C38H67NO14. The maximum atomic E-state index is 11.6. The Morgan fingerprint density at radius 3 is 1.15 bits per heavy atom. The van der Waals surface area contributed by atoms with Crippen LogP contribution in [0, 0.1) is 0 Å². The van der Waals surface area contributed by atoms with Crippen molar-refractivity contribution in [3.63, 3.8) is 0 Å². The Morgan fingerprint density at radius 1 is 0.453 bits per heavy atom. The lowest BCUT2D eigenvalue weighted by Gasteiger charge is -2.09. The van der Waals surface area contributed by atoms with Crippen LogP contribution < -0.4 is 10.1 Å². The number of esters is 1. The molecule has 0 fully saturated rings. The van der Waals surface area contributed by atoms with E-state index in [-0.39, 0.29) is 18.5 Å². The van der Waals surface area contributed by atoms with Gasteiger partial charge in [-0.1, -0.05) is 32.6 Å². The predicted octanol–water partition coefficient (Wildman–Crippen LogP) is 4.09. The minimum atomic E-state index is -0.151. The van der Waals surface area contributed by atoms with E-state index in [1.165, 1.54) is 26.2 Å². The summed E-state index contributed by atoms with van der Waals surface area (Å²) >= 11 is 0. The summed E-state index contributed by atoms with van der Waals surface area (Å²) < 4.78 is 65.5. The number of hydrogen-bond acceptors (Lipinski definition) is 14. The molecule has 1 N–H and O–H groups in total. The van der Waals surface area contributed by atoms with Crippen LogP contribution in [0.1, 0.15) is 52.4 Å². The maximum absolute atomic E-state index is 11.6. The number of anilines is 1. The Labute approximate surface area is 316 Å². The van der Waals surface area contributed by atoms with Crippen molar-refractivity contribution in [2.75, 3.05) is 151 Å². The summed E-state index contributed by atoms with van der Waals surface area (Å²) in [7, 11) is 0. The van der Waals surface area contributed by atoms with E-state index >= 15 is 0 Å². The molecule has 1 rings (SSSR count). The second-order valence-electron chi connectivity index (χ2n) is 11.6. The van der Waals surface area contributed by atoms with Crippen LogP contribution in [0.3, 0.4) is 0 Å². The first-order valence-electron chi connectivity index (χ1n) is 19.0. The molecule has 308 valence electrons. The molecule has 15 nitrogen and oxygen atoms in total. The molecule has 0 aliphatic rings. The first-order valence-corrected chi connectivity index (χ1v) is 19.0. The molecular weight excluding hydrogens is 694 g/mol. The molecule has 1 aromatic rings. The first-order chi connectivity index (χ1) is 26.1. The second kappa shape index (κ2) is 39.3. The van der Waals surface area contributed by atoms with Crippen LogP contribution in [0.5, 0.6) is 5.75 Å². The topological polar surface area (TPSA) is 157 Å². The minimum Gasteiger partial charge on any atom is -0.491 e. The van der Waals surface area contributed by atoms with Crippen molar-refractivity contribution in [3.05, 3.63) is 24.3 Å². The predicted molar refractivity (Wildman–Crippen MR) is 199 cm³/mol. The van der Waals surface area contributed by atoms with Crippen molar-refractivity contribution < 1.29 is 66.4 Å². The monoisotopic (exact) mass is 761 g/mol. The molecule has 0 aliphatic heterocycles. The standard InChI is InChI=1S/C38H67NO14/c1-3-4-5-6-7-8-38(41)53-34-32-51-30-28-49-26-24-47-22-20-45-18-16-43-14-13-42-15-17-44-19-21-46-23-25-48-27-29-50-31-33-52-37-11-9-36(10-12-37)39-35(2)40/h9-12H,3-8,13-34H2,1-2H3,(H,39,40). The zero-order valence-corrected chi connectivity index (χ0v) is 32.3. The summed E-state index contributed by atoms with van der Waals surface area (Å²) in [5, 5.41) is 2.71. The van der Waals surface area contributed by atoms with Gasteiger partial charge in [0.05, 0.1) is 132 Å². The average molecular weight is 762 g/mol. The van der Waals surface area contributed by atoms with E-state index in [0.29, 0.717) is 151 Å². The Morgan fingerprint density at radius 2 is 0.792 bits per heavy atom. The lowest BCUT2D eigenvalue weighted by atomic mass is 10.1. The van der Waals surface area contributed by atoms with Gasteiger partial charge >= 0.3 is 5.97 Å². The third kappa shape index (κ3) is 36.3. The van der Waals surface area contributed by atoms with Gasteiger partial charge in [0.1, 0.15) is 19.0 Å². The average Bonchev–Trinajstić information content (AvgIpc) is 3.15. The zero-order valence-electron chi connectivity index (χ0n) is 32.3. The zero-order chi connectivity index (χ0) is 38.1. The van der Waals surface area contributed by atoms with Crippen molar-refractivity contribution in [2.45, 2.75) is 52.4 Å². The van der Waals surface area contributed by atoms with Crippen molar-refractivity contribution in [2.24, 2.45) is 0 Å². The van der Waals surface area contributed by atoms with Gasteiger partial charge < -0.3 is 62.2 Å².